The number of methoxy groups -OCH3 is 1. The van der Waals surface area contributed by atoms with Gasteiger partial charge in [-0.05, 0) is 43.7 Å². The van der Waals surface area contributed by atoms with E-state index in [4.69, 9.17) is 9.47 Å². The van der Waals surface area contributed by atoms with Crippen molar-refractivity contribution in [3.8, 4) is 16.9 Å². The van der Waals surface area contributed by atoms with E-state index < -0.39 is 5.97 Å². The topological polar surface area (TPSA) is 35.5 Å². The summed E-state index contributed by atoms with van der Waals surface area (Å²) in [6.07, 6.45) is 0. The molecular weight excluding hydrogens is 271 g/mol. The normalized spacial score (nSPS) is 10.3. The van der Waals surface area contributed by atoms with E-state index in [0.29, 0.717) is 29.0 Å². The molecule has 2 aromatic carbocycles. The third-order valence-electron chi connectivity index (χ3n) is 3.24. The molecule has 0 aromatic heterocycles. The molecule has 0 amide bonds. The van der Waals surface area contributed by atoms with Crippen LogP contribution in [0.25, 0.3) is 11.1 Å². The molecule has 0 spiro atoms. The number of carbonyl (C=O) groups excluding carboxylic acids is 1. The molecule has 4 heteroatoms. The van der Waals surface area contributed by atoms with Crippen LogP contribution in [0.1, 0.15) is 22.8 Å². The molecule has 3 nitrogen and oxygen atoms in total. The molecule has 0 bridgehead atoms. The van der Waals surface area contributed by atoms with Crippen LogP contribution >= 0.6 is 0 Å². The molecule has 110 valence electrons. The number of rotatable bonds is 4. The number of hydrogen-bond donors (Lipinski definition) is 0. The minimum absolute atomic E-state index is 0.315. The lowest BCUT2D eigenvalue weighted by molar-refractivity contribution is 0.0599. The van der Waals surface area contributed by atoms with E-state index in [2.05, 4.69) is 0 Å². The van der Waals surface area contributed by atoms with E-state index in [1.165, 1.54) is 19.2 Å². The SMILES string of the molecule is CCOc1c(-c2cccc(F)c2)ccc(C(=O)OC)c1C. The molecule has 0 aliphatic rings. The summed E-state index contributed by atoms with van der Waals surface area (Å²) in [4.78, 5) is 11.8. The predicted molar refractivity (Wildman–Crippen MR) is 79.1 cm³/mol. The van der Waals surface area contributed by atoms with Gasteiger partial charge in [0.15, 0.2) is 0 Å². The molecule has 0 atom stereocenters. The zero-order chi connectivity index (χ0) is 15.4. The van der Waals surface area contributed by atoms with E-state index in [0.717, 1.165) is 5.56 Å². The Morgan fingerprint density at radius 2 is 2.00 bits per heavy atom. The van der Waals surface area contributed by atoms with Gasteiger partial charge >= 0.3 is 5.97 Å². The van der Waals surface area contributed by atoms with Gasteiger partial charge in [-0.1, -0.05) is 12.1 Å². The lowest BCUT2D eigenvalue weighted by Gasteiger charge is -2.16. The summed E-state index contributed by atoms with van der Waals surface area (Å²) in [6.45, 7) is 4.10. The van der Waals surface area contributed by atoms with Gasteiger partial charge in [0.2, 0.25) is 0 Å². The highest BCUT2D eigenvalue weighted by atomic mass is 19.1. The minimum Gasteiger partial charge on any atom is -0.493 e. The van der Waals surface area contributed by atoms with Crippen LogP contribution in [0.5, 0.6) is 5.75 Å². The Labute approximate surface area is 123 Å². The van der Waals surface area contributed by atoms with Gasteiger partial charge in [-0.25, -0.2) is 9.18 Å². The minimum atomic E-state index is -0.417. The van der Waals surface area contributed by atoms with Crippen molar-refractivity contribution in [2.45, 2.75) is 13.8 Å². The summed E-state index contributed by atoms with van der Waals surface area (Å²) in [5.74, 6) is -0.158. The number of hydrogen-bond acceptors (Lipinski definition) is 3. The van der Waals surface area contributed by atoms with Gasteiger partial charge in [0.05, 0.1) is 19.3 Å². The van der Waals surface area contributed by atoms with Crippen molar-refractivity contribution in [2.75, 3.05) is 13.7 Å². The molecule has 0 N–H and O–H groups in total. The highest BCUT2D eigenvalue weighted by Gasteiger charge is 2.17. The molecular formula is C17H17FO3. The first-order chi connectivity index (χ1) is 10.1. The van der Waals surface area contributed by atoms with Gasteiger partial charge in [-0.3, -0.25) is 0 Å². The summed E-state index contributed by atoms with van der Waals surface area (Å²) in [6, 6.07) is 9.69. The molecule has 2 aromatic rings. The Hall–Kier alpha value is -2.36. The Kier molecular flexibility index (Phi) is 4.58. The monoisotopic (exact) mass is 288 g/mol. The van der Waals surface area contributed by atoms with Gasteiger partial charge in [0.1, 0.15) is 11.6 Å². The third kappa shape index (κ3) is 3.05. The van der Waals surface area contributed by atoms with Crippen molar-refractivity contribution in [1.82, 2.24) is 0 Å². The van der Waals surface area contributed by atoms with Crippen molar-refractivity contribution in [1.29, 1.82) is 0 Å². The molecule has 0 saturated heterocycles. The number of benzene rings is 2. The number of ether oxygens (including phenoxy) is 2. The van der Waals surface area contributed by atoms with Gasteiger partial charge in [0.25, 0.3) is 0 Å². The first kappa shape index (κ1) is 15.0. The van der Waals surface area contributed by atoms with Gasteiger partial charge < -0.3 is 9.47 Å². The Bertz CT molecular complexity index is 665. The second kappa shape index (κ2) is 6.39. The van der Waals surface area contributed by atoms with Crippen LogP contribution in [0.15, 0.2) is 36.4 Å². The highest BCUT2D eigenvalue weighted by Crippen LogP contribution is 2.35. The molecule has 0 fully saturated rings. The Morgan fingerprint density at radius 3 is 2.62 bits per heavy atom. The summed E-state index contributed by atoms with van der Waals surface area (Å²) < 4.78 is 23.8. The van der Waals surface area contributed by atoms with Crippen LogP contribution in [-0.2, 0) is 4.74 Å². The smallest absolute Gasteiger partial charge is 0.338 e. The highest BCUT2D eigenvalue weighted by molar-refractivity contribution is 5.93. The second-order valence-corrected chi connectivity index (χ2v) is 4.55. The van der Waals surface area contributed by atoms with Crippen LogP contribution in [0.4, 0.5) is 4.39 Å². The standard InChI is InChI=1S/C17H17FO3/c1-4-21-16-11(2)14(17(19)20-3)8-9-15(16)12-6-5-7-13(18)10-12/h5-10H,4H2,1-3H3. The molecule has 0 unspecified atom stereocenters. The van der Waals surface area contributed by atoms with Crippen molar-refractivity contribution in [2.24, 2.45) is 0 Å². The van der Waals surface area contributed by atoms with Crippen LogP contribution in [0.2, 0.25) is 0 Å². The van der Waals surface area contributed by atoms with Gasteiger partial charge in [-0.15, -0.1) is 0 Å². The van der Waals surface area contributed by atoms with Crippen molar-refractivity contribution >= 4 is 5.97 Å². The first-order valence-corrected chi connectivity index (χ1v) is 6.69. The van der Waals surface area contributed by atoms with Crippen molar-refractivity contribution < 1.29 is 18.7 Å². The first-order valence-electron chi connectivity index (χ1n) is 6.69. The molecule has 2 rings (SSSR count). The molecule has 0 radical (unpaired) electrons. The number of halogens is 1. The molecule has 0 saturated carbocycles. The lowest BCUT2D eigenvalue weighted by Crippen LogP contribution is -2.07. The van der Waals surface area contributed by atoms with Gasteiger partial charge in [-0.2, -0.15) is 0 Å². The fraction of sp³-hybridized carbons (Fsp3) is 0.235. The van der Waals surface area contributed by atoms with Crippen LogP contribution < -0.4 is 4.74 Å². The maximum atomic E-state index is 13.4. The van der Waals surface area contributed by atoms with E-state index in [9.17, 15) is 9.18 Å². The maximum absolute atomic E-state index is 13.4. The average molecular weight is 288 g/mol. The molecule has 21 heavy (non-hydrogen) atoms. The van der Waals surface area contributed by atoms with E-state index in [1.807, 2.05) is 6.92 Å². The van der Waals surface area contributed by atoms with E-state index >= 15 is 0 Å². The number of esters is 1. The zero-order valence-electron chi connectivity index (χ0n) is 12.3. The maximum Gasteiger partial charge on any atom is 0.338 e. The van der Waals surface area contributed by atoms with Crippen molar-refractivity contribution in [3.05, 3.63) is 53.3 Å². The number of carbonyl (C=O) groups is 1. The quantitative estimate of drug-likeness (QED) is 0.798. The molecule has 0 aliphatic carbocycles. The fourth-order valence-electron chi connectivity index (χ4n) is 2.24. The van der Waals surface area contributed by atoms with E-state index in [-0.39, 0.29) is 5.82 Å². The fourth-order valence-corrected chi connectivity index (χ4v) is 2.24. The van der Waals surface area contributed by atoms with Crippen LogP contribution in [0, 0.1) is 12.7 Å². The predicted octanol–water partition coefficient (Wildman–Crippen LogP) is 3.99. The van der Waals surface area contributed by atoms with Crippen LogP contribution in [-0.4, -0.2) is 19.7 Å². The lowest BCUT2D eigenvalue weighted by atomic mass is 9.98. The Balaban J connectivity index is 2.61. The summed E-state index contributed by atoms with van der Waals surface area (Å²) in [5, 5.41) is 0. The van der Waals surface area contributed by atoms with Crippen molar-refractivity contribution in [3.63, 3.8) is 0 Å². The summed E-state index contributed by atoms with van der Waals surface area (Å²) in [7, 11) is 1.34. The molecule has 0 heterocycles. The van der Waals surface area contributed by atoms with E-state index in [1.54, 1.807) is 31.2 Å². The average Bonchev–Trinajstić information content (AvgIpc) is 2.48. The third-order valence-corrected chi connectivity index (χ3v) is 3.24. The summed E-state index contributed by atoms with van der Waals surface area (Å²) >= 11 is 0. The summed E-state index contributed by atoms with van der Waals surface area (Å²) in [5.41, 5.74) is 2.59. The Morgan fingerprint density at radius 1 is 1.24 bits per heavy atom. The molecule has 0 aliphatic heterocycles. The second-order valence-electron chi connectivity index (χ2n) is 4.55. The van der Waals surface area contributed by atoms with Crippen LogP contribution in [0.3, 0.4) is 0 Å². The van der Waals surface area contributed by atoms with Gasteiger partial charge in [0, 0.05) is 11.1 Å². The zero-order valence-corrected chi connectivity index (χ0v) is 12.3. The largest absolute Gasteiger partial charge is 0.493 e.